The third kappa shape index (κ3) is 4.09. The number of anilines is 1. The van der Waals surface area contributed by atoms with E-state index in [1.807, 2.05) is 18.5 Å². The van der Waals surface area contributed by atoms with Crippen molar-refractivity contribution < 1.29 is 0 Å². The van der Waals surface area contributed by atoms with Gasteiger partial charge in [-0.15, -0.1) is 0 Å². The molecule has 0 radical (unpaired) electrons. The first kappa shape index (κ1) is 20.5. The fourth-order valence-electron chi connectivity index (χ4n) is 4.69. The van der Waals surface area contributed by atoms with Gasteiger partial charge in [-0.25, -0.2) is 9.97 Å². The van der Waals surface area contributed by atoms with Crippen molar-refractivity contribution in [3.05, 3.63) is 30.7 Å². The van der Waals surface area contributed by atoms with Gasteiger partial charge in [-0.3, -0.25) is 10.1 Å². The lowest BCUT2D eigenvalue weighted by molar-refractivity contribution is 0.161. The lowest BCUT2D eigenvalue weighted by atomic mass is 9.79. The Hall–Kier alpha value is -2.36. The second-order valence-corrected chi connectivity index (χ2v) is 11.5. The molecule has 2 N–H and O–H groups in total. The number of hydrogen-bond acceptors (Lipinski definition) is 8. The third-order valence-electron chi connectivity index (χ3n) is 5.80. The predicted molar refractivity (Wildman–Crippen MR) is 129 cm³/mol. The molecule has 1 saturated heterocycles. The molecule has 1 aliphatic heterocycles. The molecule has 1 fully saturated rings. The van der Waals surface area contributed by atoms with Crippen molar-refractivity contribution in [2.24, 2.45) is 0 Å². The number of pyridine rings is 1. The monoisotopic (exact) mass is 453 g/mol. The zero-order chi connectivity index (χ0) is 21.8. The van der Waals surface area contributed by atoms with E-state index in [0.29, 0.717) is 6.04 Å². The molecule has 0 aliphatic carbocycles. The van der Waals surface area contributed by atoms with E-state index in [4.69, 9.17) is 9.97 Å². The molecular formula is C22H27N7S2. The smallest absolute Gasteiger partial charge is 0.188 e. The lowest BCUT2D eigenvalue weighted by Gasteiger charge is -2.48. The number of nitrogens with zero attached hydrogens (tertiary/aromatic N) is 5. The first-order chi connectivity index (χ1) is 14.7. The molecule has 5 rings (SSSR count). The fraction of sp³-hybridized carbons (Fsp3) is 0.455. The fourth-order valence-corrected chi connectivity index (χ4v) is 6.74. The summed E-state index contributed by atoms with van der Waals surface area (Å²) in [5.74, 6) is 0. The van der Waals surface area contributed by atoms with Gasteiger partial charge in [0.2, 0.25) is 0 Å². The van der Waals surface area contributed by atoms with Crippen LogP contribution >= 0.6 is 22.7 Å². The average molecular weight is 454 g/mol. The Labute approximate surface area is 190 Å². The number of aromatic nitrogens is 5. The molecule has 0 spiro atoms. The van der Waals surface area contributed by atoms with Crippen LogP contribution in [0.1, 0.15) is 40.5 Å². The van der Waals surface area contributed by atoms with E-state index >= 15 is 0 Å². The highest BCUT2D eigenvalue weighted by molar-refractivity contribution is 7.29. The second-order valence-electron chi connectivity index (χ2n) is 9.61. The molecule has 0 bridgehead atoms. The van der Waals surface area contributed by atoms with Crippen LogP contribution in [0.5, 0.6) is 0 Å². The number of thiazole rings is 2. The summed E-state index contributed by atoms with van der Waals surface area (Å²) in [6.45, 7) is 9.14. The molecule has 5 heterocycles. The van der Waals surface area contributed by atoms with E-state index in [9.17, 15) is 0 Å². The number of fused-ring (bicyclic) bond motifs is 1. The standard InChI is InChI=1S/C22H27N7S2/c1-21(2)8-15(9-22(3,4)28-21)29(5)20-27-19-18(31-20)26-17(30-19)16-7-6-13(10-23-16)14-11-24-25-12-14/h6-7,10-12,15,28H,8-9H2,1-5H3,(H,24,25). The van der Waals surface area contributed by atoms with Gasteiger partial charge >= 0.3 is 0 Å². The quantitative estimate of drug-likeness (QED) is 0.455. The van der Waals surface area contributed by atoms with Gasteiger partial charge in [0.15, 0.2) is 14.8 Å². The van der Waals surface area contributed by atoms with Gasteiger partial charge in [0.05, 0.1) is 11.9 Å². The zero-order valence-corrected chi connectivity index (χ0v) is 20.1. The van der Waals surface area contributed by atoms with Crippen molar-refractivity contribution in [3.63, 3.8) is 0 Å². The SMILES string of the molecule is CN(c1nc2sc(-c3ccc(-c4cn[nH]c4)cn3)nc2s1)C1CC(C)(C)NC(C)(C)C1. The third-order valence-corrected chi connectivity index (χ3v) is 7.94. The highest BCUT2D eigenvalue weighted by Gasteiger charge is 2.39. The molecule has 162 valence electrons. The molecule has 0 saturated carbocycles. The summed E-state index contributed by atoms with van der Waals surface area (Å²) in [7, 11) is 2.17. The minimum atomic E-state index is 0.106. The molecule has 0 aromatic carbocycles. The topological polar surface area (TPSA) is 82.6 Å². The van der Waals surface area contributed by atoms with Gasteiger partial charge in [-0.1, -0.05) is 28.7 Å². The van der Waals surface area contributed by atoms with E-state index in [1.54, 1.807) is 28.9 Å². The molecular weight excluding hydrogens is 426 g/mol. The van der Waals surface area contributed by atoms with Crippen LogP contribution in [0.3, 0.4) is 0 Å². The van der Waals surface area contributed by atoms with Crippen molar-refractivity contribution >= 4 is 37.5 Å². The van der Waals surface area contributed by atoms with Crippen molar-refractivity contribution in [1.82, 2.24) is 30.5 Å². The van der Waals surface area contributed by atoms with Crippen LogP contribution in [0.2, 0.25) is 0 Å². The maximum atomic E-state index is 4.93. The number of nitrogens with one attached hydrogen (secondary N) is 2. The van der Waals surface area contributed by atoms with E-state index in [2.05, 4.69) is 66.2 Å². The van der Waals surface area contributed by atoms with Crippen LogP contribution in [0.15, 0.2) is 30.7 Å². The molecule has 1 aliphatic rings. The van der Waals surface area contributed by atoms with Crippen LogP contribution in [-0.4, -0.2) is 49.3 Å². The van der Waals surface area contributed by atoms with Crippen molar-refractivity contribution in [1.29, 1.82) is 0 Å². The Morgan fingerprint density at radius 3 is 2.32 bits per heavy atom. The summed E-state index contributed by atoms with van der Waals surface area (Å²) in [5, 5.41) is 12.5. The second kappa shape index (κ2) is 7.36. The van der Waals surface area contributed by atoms with Crippen LogP contribution in [0.4, 0.5) is 5.13 Å². The number of H-pyrrole nitrogens is 1. The minimum absolute atomic E-state index is 0.106. The Kier molecular flexibility index (Phi) is 4.87. The lowest BCUT2D eigenvalue weighted by Crippen LogP contribution is -2.61. The van der Waals surface area contributed by atoms with Crippen molar-refractivity contribution in [2.75, 3.05) is 11.9 Å². The van der Waals surface area contributed by atoms with Gasteiger partial charge in [0.25, 0.3) is 0 Å². The zero-order valence-electron chi connectivity index (χ0n) is 18.4. The highest BCUT2D eigenvalue weighted by atomic mass is 32.1. The number of aromatic amines is 1. The largest absolute Gasteiger partial charge is 0.348 e. The number of rotatable bonds is 4. The first-order valence-corrected chi connectivity index (χ1v) is 12.1. The van der Waals surface area contributed by atoms with E-state index in [-0.39, 0.29) is 11.1 Å². The van der Waals surface area contributed by atoms with Gasteiger partial charge in [-0.2, -0.15) is 5.10 Å². The van der Waals surface area contributed by atoms with Gasteiger partial charge in [0.1, 0.15) is 5.01 Å². The summed E-state index contributed by atoms with van der Waals surface area (Å²) >= 11 is 3.28. The molecule has 0 amide bonds. The molecule has 31 heavy (non-hydrogen) atoms. The summed E-state index contributed by atoms with van der Waals surface area (Å²) in [5.41, 5.74) is 3.15. The molecule has 0 unspecified atom stereocenters. The van der Waals surface area contributed by atoms with Crippen LogP contribution in [0, 0.1) is 0 Å². The van der Waals surface area contributed by atoms with Gasteiger partial charge < -0.3 is 10.2 Å². The summed E-state index contributed by atoms with van der Waals surface area (Å²) < 4.78 is 0. The van der Waals surface area contributed by atoms with Crippen LogP contribution in [-0.2, 0) is 0 Å². The van der Waals surface area contributed by atoms with E-state index < -0.39 is 0 Å². The van der Waals surface area contributed by atoms with Gasteiger partial charge in [-0.05, 0) is 46.6 Å². The van der Waals surface area contributed by atoms with E-state index in [1.165, 1.54) is 0 Å². The summed E-state index contributed by atoms with van der Waals surface area (Å²) in [4.78, 5) is 18.7. The molecule has 7 nitrogen and oxygen atoms in total. The Balaban J connectivity index is 1.37. The van der Waals surface area contributed by atoms with Crippen molar-refractivity contribution in [2.45, 2.75) is 57.7 Å². The number of piperidine rings is 1. The van der Waals surface area contributed by atoms with Gasteiger partial charge in [0, 0.05) is 47.7 Å². The highest BCUT2D eigenvalue weighted by Crippen LogP contribution is 2.39. The first-order valence-electron chi connectivity index (χ1n) is 10.4. The minimum Gasteiger partial charge on any atom is -0.348 e. The Morgan fingerprint density at radius 1 is 0.968 bits per heavy atom. The number of hydrogen-bond donors (Lipinski definition) is 2. The Bertz CT molecular complexity index is 1140. The molecule has 0 atom stereocenters. The predicted octanol–water partition coefficient (Wildman–Crippen LogP) is 4.95. The Morgan fingerprint density at radius 2 is 1.71 bits per heavy atom. The maximum Gasteiger partial charge on any atom is 0.188 e. The average Bonchev–Trinajstić information content (AvgIpc) is 3.41. The van der Waals surface area contributed by atoms with E-state index in [0.717, 1.165) is 49.5 Å². The summed E-state index contributed by atoms with van der Waals surface area (Å²) in [6.07, 6.45) is 7.70. The normalized spacial score (nSPS) is 18.5. The molecule has 4 aromatic rings. The van der Waals surface area contributed by atoms with Crippen molar-refractivity contribution in [3.8, 4) is 21.8 Å². The van der Waals surface area contributed by atoms with Crippen LogP contribution < -0.4 is 10.2 Å². The summed E-state index contributed by atoms with van der Waals surface area (Å²) in [6, 6.07) is 4.51. The van der Waals surface area contributed by atoms with Crippen LogP contribution in [0.25, 0.3) is 31.5 Å². The maximum absolute atomic E-state index is 4.93. The molecule has 9 heteroatoms. The molecule has 4 aromatic heterocycles.